The van der Waals surface area contributed by atoms with Crippen LogP contribution in [0.2, 0.25) is 10.0 Å². The Bertz CT molecular complexity index is 1820. The highest BCUT2D eigenvalue weighted by Crippen LogP contribution is 2.40. The molecule has 1 saturated heterocycles. The maximum atomic E-state index is 14.3. The van der Waals surface area contributed by atoms with Crippen molar-refractivity contribution in [3.05, 3.63) is 75.9 Å². The number of imidazole rings is 1. The van der Waals surface area contributed by atoms with Crippen molar-refractivity contribution >= 4 is 56.5 Å². The third-order valence-corrected chi connectivity index (χ3v) is 9.71. The smallest absolute Gasteiger partial charge is 0.257 e. The molecule has 5 aromatic rings. The number of ether oxygens (including phenoxy) is 1. The molecule has 0 aliphatic carbocycles. The first-order valence-corrected chi connectivity index (χ1v) is 16.4. The summed E-state index contributed by atoms with van der Waals surface area (Å²) in [5.41, 5.74) is 3.01. The molecule has 0 radical (unpaired) electrons. The van der Waals surface area contributed by atoms with Gasteiger partial charge in [-0.3, -0.25) is 19.7 Å². The Balaban J connectivity index is 1.16. The Kier molecular flexibility index (Phi) is 8.49. The predicted octanol–water partition coefficient (Wildman–Crippen LogP) is 5.62. The van der Waals surface area contributed by atoms with Crippen LogP contribution in [-0.2, 0) is 17.8 Å². The molecule has 2 atom stereocenters. The number of piperidine rings is 1. The van der Waals surface area contributed by atoms with Gasteiger partial charge < -0.3 is 14.4 Å². The number of nitrogens with one attached hydrogen (secondary N) is 1. The minimum absolute atomic E-state index is 0.158. The Hall–Kier alpha value is -3.55. The highest BCUT2D eigenvalue weighted by molar-refractivity contribution is 7.13. The van der Waals surface area contributed by atoms with E-state index in [0.717, 1.165) is 43.8 Å². The van der Waals surface area contributed by atoms with Gasteiger partial charge in [-0.2, -0.15) is 5.10 Å². The molecule has 0 spiro atoms. The summed E-state index contributed by atoms with van der Waals surface area (Å²) in [6.45, 7) is 3.29. The van der Waals surface area contributed by atoms with E-state index in [1.54, 1.807) is 34.7 Å². The van der Waals surface area contributed by atoms with Crippen molar-refractivity contribution in [3.63, 3.8) is 0 Å². The van der Waals surface area contributed by atoms with Gasteiger partial charge in [0, 0.05) is 60.5 Å². The van der Waals surface area contributed by atoms with Crippen LogP contribution in [0.5, 0.6) is 5.75 Å². The third-order valence-electron chi connectivity index (χ3n) is 8.33. The van der Waals surface area contributed by atoms with E-state index in [4.69, 9.17) is 33.0 Å². The highest BCUT2D eigenvalue weighted by Gasteiger charge is 2.34. The van der Waals surface area contributed by atoms with Gasteiger partial charge in [-0.25, -0.2) is 14.4 Å². The molecule has 3 aromatic heterocycles. The van der Waals surface area contributed by atoms with Gasteiger partial charge in [0.15, 0.2) is 11.2 Å². The van der Waals surface area contributed by atoms with Crippen LogP contribution in [0.3, 0.4) is 0 Å². The second kappa shape index (κ2) is 12.7. The van der Waals surface area contributed by atoms with E-state index in [9.17, 15) is 14.3 Å². The van der Waals surface area contributed by atoms with Gasteiger partial charge in [0.2, 0.25) is 0 Å². The van der Waals surface area contributed by atoms with Crippen LogP contribution in [0.4, 0.5) is 9.52 Å². The molecule has 234 valence electrons. The monoisotopic (exact) mass is 669 g/mol. The van der Waals surface area contributed by atoms with Gasteiger partial charge in [0.1, 0.15) is 24.0 Å². The largest absolute Gasteiger partial charge is 0.492 e. The first-order chi connectivity index (χ1) is 21.8. The van der Waals surface area contributed by atoms with Gasteiger partial charge in [0.05, 0.1) is 34.7 Å². The number of thiazole rings is 1. The molecule has 2 N–H and O–H groups in total. The number of anilines is 1. The van der Waals surface area contributed by atoms with Crippen molar-refractivity contribution in [2.75, 3.05) is 31.6 Å². The van der Waals surface area contributed by atoms with Crippen molar-refractivity contribution in [2.45, 2.75) is 44.1 Å². The summed E-state index contributed by atoms with van der Waals surface area (Å²) in [5, 5.41) is 20.8. The average molecular weight is 671 g/mol. The summed E-state index contributed by atoms with van der Waals surface area (Å²) >= 11 is 15.0. The number of alkyl halides is 1. The molecule has 1 fully saturated rings. The summed E-state index contributed by atoms with van der Waals surface area (Å²) in [4.78, 5) is 24.7. The second-order valence-electron chi connectivity index (χ2n) is 11.3. The van der Waals surface area contributed by atoms with Crippen LogP contribution in [-0.4, -0.2) is 78.7 Å². The van der Waals surface area contributed by atoms with Crippen LogP contribution in [0, 0.1) is 0 Å². The number of carbonyl (C=O) groups is 1. The molecule has 0 bridgehead atoms. The molecule has 1 amide bonds. The molecule has 45 heavy (non-hydrogen) atoms. The summed E-state index contributed by atoms with van der Waals surface area (Å²) in [6, 6.07) is 8.38. The zero-order valence-corrected chi connectivity index (χ0v) is 26.4. The Morgan fingerprint density at radius 3 is 2.76 bits per heavy atom. The van der Waals surface area contributed by atoms with Crippen molar-refractivity contribution in [1.82, 2.24) is 29.2 Å². The molecular formula is C31H30Cl2FN7O3S. The Morgan fingerprint density at radius 2 is 2.00 bits per heavy atom. The van der Waals surface area contributed by atoms with E-state index in [1.807, 2.05) is 24.3 Å². The van der Waals surface area contributed by atoms with Crippen molar-refractivity contribution < 1.29 is 19.0 Å². The van der Waals surface area contributed by atoms with Gasteiger partial charge in [-0.05, 0) is 36.6 Å². The SMILES string of the molecule is O=C(Nc1nccs1)[C@@H](c1ncn2c1C[C@@H](F)C2)n1cc2c(Cl)cc(-c3ccc(OCCN4CCC(O)CC4)cc3)c(Cl)c2n1. The number of benzene rings is 2. The maximum Gasteiger partial charge on any atom is 0.257 e. The minimum Gasteiger partial charge on any atom is -0.492 e. The number of halogens is 3. The number of aromatic nitrogens is 5. The standard InChI is InChI=1S/C31H30Cl2FN7O3S/c32-24-14-22(18-1-3-21(4-2-18)44-11-10-39-8-5-20(42)6-9-39)26(33)27-23(24)16-41(38-27)29(30(43)37-31-35-7-12-45-31)28-25-13-19(34)15-40(25)17-36-28/h1-4,7,12,14,16-17,19-20,29,42H,5-6,8-11,13,15H2,(H,35,37,43)/t19-,29-/m1/s1. The molecule has 7 rings (SSSR count). The molecule has 14 heteroatoms. The first-order valence-electron chi connectivity index (χ1n) is 14.7. The zero-order valence-electron chi connectivity index (χ0n) is 24.1. The van der Waals surface area contributed by atoms with Crippen LogP contribution in [0.25, 0.3) is 22.0 Å². The van der Waals surface area contributed by atoms with Gasteiger partial charge >= 0.3 is 0 Å². The normalized spacial score (nSPS) is 17.9. The van der Waals surface area contributed by atoms with E-state index in [1.165, 1.54) is 16.0 Å². The van der Waals surface area contributed by atoms with E-state index < -0.39 is 18.1 Å². The number of hydrogen-bond donors (Lipinski definition) is 2. The molecule has 10 nitrogen and oxygen atoms in total. The van der Waals surface area contributed by atoms with Gasteiger partial charge in [-0.15, -0.1) is 11.3 Å². The van der Waals surface area contributed by atoms with Crippen LogP contribution in [0.1, 0.15) is 30.3 Å². The summed E-state index contributed by atoms with van der Waals surface area (Å²) in [6.07, 6.45) is 5.34. The molecule has 2 aliphatic rings. The van der Waals surface area contributed by atoms with E-state index in [-0.39, 0.29) is 19.1 Å². The van der Waals surface area contributed by atoms with E-state index in [0.29, 0.717) is 49.6 Å². The fourth-order valence-corrected chi connectivity index (χ4v) is 7.06. The minimum atomic E-state index is -1.05. The topological polar surface area (TPSA) is 110 Å². The van der Waals surface area contributed by atoms with E-state index in [2.05, 4.69) is 20.2 Å². The third kappa shape index (κ3) is 6.17. The number of hydrogen-bond acceptors (Lipinski definition) is 8. The lowest BCUT2D eigenvalue weighted by Crippen LogP contribution is -2.38. The molecular weight excluding hydrogens is 640 g/mol. The number of likely N-dealkylation sites (tertiary alicyclic amines) is 1. The Labute approximate surface area is 272 Å². The lowest BCUT2D eigenvalue weighted by Gasteiger charge is -2.29. The van der Waals surface area contributed by atoms with Crippen molar-refractivity contribution in [3.8, 4) is 16.9 Å². The van der Waals surface area contributed by atoms with Crippen LogP contribution in [0.15, 0.2) is 54.4 Å². The molecule has 0 unspecified atom stereocenters. The first kappa shape index (κ1) is 30.1. The average Bonchev–Trinajstić information content (AvgIpc) is 3.83. The van der Waals surface area contributed by atoms with Crippen LogP contribution >= 0.6 is 34.5 Å². The Morgan fingerprint density at radius 1 is 1.20 bits per heavy atom. The lowest BCUT2D eigenvalue weighted by atomic mass is 10.0. The van der Waals surface area contributed by atoms with Gasteiger partial charge in [-0.1, -0.05) is 35.3 Å². The molecule has 0 saturated carbocycles. The van der Waals surface area contributed by atoms with Crippen molar-refractivity contribution in [2.24, 2.45) is 0 Å². The zero-order chi connectivity index (χ0) is 31.1. The fourth-order valence-electron chi connectivity index (χ4n) is 5.98. The summed E-state index contributed by atoms with van der Waals surface area (Å²) < 4.78 is 23.5. The highest BCUT2D eigenvalue weighted by atomic mass is 35.5. The molecule has 2 aromatic carbocycles. The van der Waals surface area contributed by atoms with Gasteiger partial charge in [0.25, 0.3) is 5.91 Å². The number of aliphatic hydroxyl groups is 1. The van der Waals surface area contributed by atoms with Crippen LogP contribution < -0.4 is 10.1 Å². The second-order valence-corrected chi connectivity index (χ2v) is 13.0. The number of rotatable bonds is 9. The number of aliphatic hydroxyl groups excluding tert-OH is 1. The molecule has 2 aliphatic heterocycles. The number of carbonyl (C=O) groups excluding carboxylic acids is 1. The fraction of sp³-hybridized carbons (Fsp3) is 0.355. The van der Waals surface area contributed by atoms with E-state index >= 15 is 0 Å². The lowest BCUT2D eigenvalue weighted by molar-refractivity contribution is -0.118. The number of nitrogens with zero attached hydrogens (tertiary/aromatic N) is 6. The number of fused-ring (bicyclic) bond motifs is 2. The van der Waals surface area contributed by atoms with Crippen molar-refractivity contribution in [1.29, 1.82) is 0 Å². The number of amides is 1. The quantitative estimate of drug-likeness (QED) is 0.210. The summed E-state index contributed by atoms with van der Waals surface area (Å²) in [7, 11) is 0. The predicted molar refractivity (Wildman–Crippen MR) is 172 cm³/mol. The maximum absolute atomic E-state index is 14.3. The summed E-state index contributed by atoms with van der Waals surface area (Å²) in [5.74, 6) is 0.322. The molecule has 5 heterocycles.